The fourth-order valence-corrected chi connectivity index (χ4v) is 3.78. The maximum absolute atomic E-state index is 13.9. The van der Waals surface area contributed by atoms with Crippen molar-refractivity contribution >= 4 is 17.8 Å². The van der Waals surface area contributed by atoms with E-state index in [9.17, 15) is 18.8 Å². The highest BCUT2D eigenvalue weighted by molar-refractivity contribution is 5.89. The normalized spacial score (nSPS) is 18.8. The van der Waals surface area contributed by atoms with Gasteiger partial charge in [-0.15, -0.1) is 0 Å². The molecule has 6 nitrogen and oxygen atoms in total. The van der Waals surface area contributed by atoms with Crippen LogP contribution in [0.2, 0.25) is 0 Å². The Bertz CT molecular complexity index is 739. The summed E-state index contributed by atoms with van der Waals surface area (Å²) < 4.78 is 13.9. The minimum Gasteiger partial charge on any atom is -0.481 e. The van der Waals surface area contributed by atoms with Gasteiger partial charge >= 0.3 is 5.97 Å². The van der Waals surface area contributed by atoms with Crippen molar-refractivity contribution in [1.82, 2.24) is 9.80 Å². The second-order valence-corrected chi connectivity index (χ2v) is 7.70. The van der Waals surface area contributed by atoms with Crippen LogP contribution in [-0.2, 0) is 20.8 Å². The number of halogens is 1. The van der Waals surface area contributed by atoms with Crippen LogP contribution in [0.4, 0.5) is 4.39 Å². The number of amides is 2. The maximum atomic E-state index is 13.9. The summed E-state index contributed by atoms with van der Waals surface area (Å²) in [7, 11) is 1.60. The average Bonchev–Trinajstić information content (AvgIpc) is 3.43. The van der Waals surface area contributed by atoms with Gasteiger partial charge in [-0.05, 0) is 43.7 Å². The van der Waals surface area contributed by atoms with Gasteiger partial charge in [-0.25, -0.2) is 4.39 Å². The zero-order valence-electron chi connectivity index (χ0n) is 15.5. The Hall–Kier alpha value is -2.44. The minimum atomic E-state index is -0.821. The Balaban J connectivity index is 1.55. The van der Waals surface area contributed by atoms with E-state index in [1.165, 1.54) is 11.0 Å². The molecule has 1 saturated heterocycles. The third-order valence-corrected chi connectivity index (χ3v) is 5.71. The number of hydrogen-bond donors (Lipinski definition) is 1. The smallest absolute Gasteiger partial charge is 0.306 e. The highest BCUT2D eigenvalue weighted by Crippen LogP contribution is 2.50. The molecule has 7 heteroatoms. The average molecular weight is 376 g/mol. The van der Waals surface area contributed by atoms with Gasteiger partial charge < -0.3 is 14.9 Å². The summed E-state index contributed by atoms with van der Waals surface area (Å²) in [6.07, 6.45) is 2.62. The van der Waals surface area contributed by atoms with Crippen molar-refractivity contribution in [2.24, 2.45) is 11.3 Å². The van der Waals surface area contributed by atoms with Crippen LogP contribution in [-0.4, -0.2) is 59.4 Å². The van der Waals surface area contributed by atoms with E-state index < -0.39 is 17.3 Å². The number of piperidine rings is 1. The lowest BCUT2D eigenvalue weighted by molar-refractivity contribution is -0.147. The molecular formula is C20H25FN2O4. The highest BCUT2D eigenvalue weighted by atomic mass is 19.1. The molecule has 2 fully saturated rings. The monoisotopic (exact) mass is 376 g/mol. The molecule has 0 unspecified atom stereocenters. The van der Waals surface area contributed by atoms with E-state index >= 15 is 0 Å². The van der Waals surface area contributed by atoms with Gasteiger partial charge in [0, 0.05) is 20.1 Å². The SMILES string of the molecule is CN(CC(=O)N1CCC(C(=O)O)CC1)C(=O)C1(Cc2ccccc2F)CC1. The van der Waals surface area contributed by atoms with Crippen LogP contribution in [0, 0.1) is 17.2 Å². The third kappa shape index (κ3) is 4.28. The maximum Gasteiger partial charge on any atom is 0.306 e. The lowest BCUT2D eigenvalue weighted by Gasteiger charge is -2.32. The zero-order chi connectivity index (χ0) is 19.6. The quantitative estimate of drug-likeness (QED) is 0.823. The second-order valence-electron chi connectivity index (χ2n) is 7.70. The summed E-state index contributed by atoms with van der Waals surface area (Å²) in [6.45, 7) is 0.770. The number of hydrogen-bond acceptors (Lipinski definition) is 3. The van der Waals surface area contributed by atoms with Gasteiger partial charge in [0.1, 0.15) is 5.82 Å². The van der Waals surface area contributed by atoms with Crippen LogP contribution in [0.5, 0.6) is 0 Å². The molecule has 1 heterocycles. The first-order chi connectivity index (χ1) is 12.8. The van der Waals surface area contributed by atoms with Gasteiger partial charge in [0.25, 0.3) is 0 Å². The predicted molar refractivity (Wildman–Crippen MR) is 96.3 cm³/mol. The third-order valence-electron chi connectivity index (χ3n) is 5.71. The molecule has 1 aromatic rings. The Morgan fingerprint density at radius 3 is 2.41 bits per heavy atom. The van der Waals surface area contributed by atoms with Crippen LogP contribution in [0.25, 0.3) is 0 Å². The largest absolute Gasteiger partial charge is 0.481 e. The summed E-state index contributed by atoms with van der Waals surface area (Å²) in [6, 6.07) is 6.47. The fourth-order valence-electron chi connectivity index (χ4n) is 3.78. The van der Waals surface area contributed by atoms with E-state index in [4.69, 9.17) is 5.11 Å². The summed E-state index contributed by atoms with van der Waals surface area (Å²) in [4.78, 5) is 39.4. The molecule has 1 aliphatic heterocycles. The van der Waals surface area contributed by atoms with E-state index in [0.29, 0.717) is 50.8 Å². The molecule has 0 atom stereocenters. The number of benzene rings is 1. The molecule has 0 bridgehead atoms. The van der Waals surface area contributed by atoms with Gasteiger partial charge in [-0.2, -0.15) is 0 Å². The number of carboxylic acids is 1. The van der Waals surface area contributed by atoms with Gasteiger partial charge in [0.2, 0.25) is 11.8 Å². The van der Waals surface area contributed by atoms with Crippen molar-refractivity contribution in [1.29, 1.82) is 0 Å². The van der Waals surface area contributed by atoms with Crippen LogP contribution < -0.4 is 0 Å². The van der Waals surface area contributed by atoms with Crippen molar-refractivity contribution in [3.05, 3.63) is 35.6 Å². The van der Waals surface area contributed by atoms with Crippen molar-refractivity contribution in [3.63, 3.8) is 0 Å². The van der Waals surface area contributed by atoms with Gasteiger partial charge in [0.05, 0.1) is 17.9 Å². The Kier molecular flexibility index (Phi) is 5.48. The lowest BCUT2D eigenvalue weighted by Crippen LogP contribution is -2.47. The molecule has 0 radical (unpaired) electrons. The highest BCUT2D eigenvalue weighted by Gasteiger charge is 2.51. The first-order valence-corrected chi connectivity index (χ1v) is 9.32. The zero-order valence-corrected chi connectivity index (χ0v) is 15.5. The number of likely N-dealkylation sites (tertiary alicyclic amines) is 1. The van der Waals surface area contributed by atoms with E-state index in [1.807, 2.05) is 0 Å². The van der Waals surface area contributed by atoms with Crippen molar-refractivity contribution in [3.8, 4) is 0 Å². The van der Waals surface area contributed by atoms with Gasteiger partial charge in [-0.3, -0.25) is 14.4 Å². The molecule has 0 spiro atoms. The summed E-state index contributed by atoms with van der Waals surface area (Å²) >= 11 is 0. The number of carboxylic acid groups (broad SMARTS) is 1. The van der Waals surface area contributed by atoms with Crippen LogP contribution in [0.3, 0.4) is 0 Å². The molecule has 1 N–H and O–H groups in total. The number of aliphatic carboxylic acids is 1. The molecule has 1 aromatic carbocycles. The van der Waals surface area contributed by atoms with Crippen molar-refractivity contribution in [2.75, 3.05) is 26.7 Å². The summed E-state index contributed by atoms with van der Waals surface area (Å²) in [5.74, 6) is -1.82. The van der Waals surface area contributed by atoms with E-state index in [2.05, 4.69) is 0 Å². The number of nitrogens with zero attached hydrogens (tertiary/aromatic N) is 2. The topological polar surface area (TPSA) is 77.9 Å². The lowest BCUT2D eigenvalue weighted by atomic mass is 9.94. The van der Waals surface area contributed by atoms with E-state index in [-0.39, 0.29) is 24.2 Å². The number of carbonyl (C=O) groups is 3. The Morgan fingerprint density at radius 2 is 1.85 bits per heavy atom. The molecular weight excluding hydrogens is 351 g/mol. The standard InChI is InChI=1S/C20H25FN2O4/c1-22(13-17(24)23-10-6-14(7-11-23)18(25)26)19(27)20(8-9-20)12-15-4-2-3-5-16(15)21/h2-5,14H,6-13H2,1H3,(H,25,26). The first-order valence-electron chi connectivity index (χ1n) is 9.32. The summed E-state index contributed by atoms with van der Waals surface area (Å²) in [5, 5.41) is 9.04. The number of rotatable bonds is 6. The Labute approximate surface area is 157 Å². The molecule has 2 amide bonds. The van der Waals surface area contributed by atoms with Crippen LogP contribution >= 0.6 is 0 Å². The molecule has 146 valence electrons. The summed E-state index contributed by atoms with van der Waals surface area (Å²) in [5.41, 5.74) is -0.0770. The van der Waals surface area contributed by atoms with Gasteiger partial charge in [0.15, 0.2) is 0 Å². The van der Waals surface area contributed by atoms with Crippen LogP contribution in [0.15, 0.2) is 24.3 Å². The van der Waals surface area contributed by atoms with Crippen molar-refractivity contribution < 1.29 is 23.9 Å². The molecule has 1 aliphatic carbocycles. The van der Waals surface area contributed by atoms with E-state index in [0.717, 1.165) is 0 Å². The minimum absolute atomic E-state index is 0.0321. The van der Waals surface area contributed by atoms with E-state index in [1.54, 1.807) is 30.1 Å². The molecule has 0 aromatic heterocycles. The fraction of sp³-hybridized carbons (Fsp3) is 0.550. The molecule has 1 saturated carbocycles. The second kappa shape index (κ2) is 7.66. The van der Waals surface area contributed by atoms with Crippen molar-refractivity contribution in [2.45, 2.75) is 32.1 Å². The number of carbonyl (C=O) groups excluding carboxylic acids is 2. The molecule has 27 heavy (non-hydrogen) atoms. The Morgan fingerprint density at radius 1 is 1.22 bits per heavy atom. The first kappa shape index (κ1) is 19.3. The number of likely N-dealkylation sites (N-methyl/N-ethyl adjacent to an activating group) is 1. The predicted octanol–water partition coefficient (Wildman–Crippen LogP) is 1.93. The molecule has 3 rings (SSSR count). The van der Waals surface area contributed by atoms with Crippen LogP contribution in [0.1, 0.15) is 31.2 Å². The molecule has 2 aliphatic rings. The van der Waals surface area contributed by atoms with Gasteiger partial charge in [-0.1, -0.05) is 18.2 Å².